The molecule has 4 rings (SSSR count). The number of hydrogen-bond acceptors (Lipinski definition) is 4. The van der Waals surface area contributed by atoms with Gasteiger partial charge < -0.3 is 10.2 Å². The van der Waals surface area contributed by atoms with Crippen LogP contribution in [0.5, 0.6) is 0 Å². The lowest BCUT2D eigenvalue weighted by atomic mass is 10.0. The molecule has 3 heterocycles. The predicted molar refractivity (Wildman–Crippen MR) is 101 cm³/mol. The van der Waals surface area contributed by atoms with E-state index in [4.69, 9.17) is 0 Å². The van der Waals surface area contributed by atoms with E-state index in [1.54, 1.807) is 24.5 Å². The number of carbonyl (C=O) groups is 1. The zero-order valence-corrected chi connectivity index (χ0v) is 14.7. The number of aromatic amines is 1. The fraction of sp³-hybridized carbons (Fsp3) is 0.250. The van der Waals surface area contributed by atoms with Gasteiger partial charge in [-0.15, -0.1) is 0 Å². The highest BCUT2D eigenvalue weighted by molar-refractivity contribution is 5.94. The molecule has 0 aliphatic carbocycles. The van der Waals surface area contributed by atoms with Gasteiger partial charge in [-0.3, -0.25) is 14.9 Å². The van der Waals surface area contributed by atoms with Gasteiger partial charge in [-0.2, -0.15) is 5.10 Å². The smallest absolute Gasteiger partial charge is 0.251 e. The van der Waals surface area contributed by atoms with Gasteiger partial charge in [0.2, 0.25) is 0 Å². The first kappa shape index (κ1) is 17.2. The van der Waals surface area contributed by atoms with E-state index in [-0.39, 0.29) is 11.9 Å². The lowest BCUT2D eigenvalue weighted by Gasteiger charge is -2.33. The van der Waals surface area contributed by atoms with Crippen molar-refractivity contribution in [1.82, 2.24) is 20.5 Å². The van der Waals surface area contributed by atoms with Crippen molar-refractivity contribution in [3.05, 3.63) is 66.2 Å². The standard InChI is InChI=1S/C20H20FN5O/c21-16-4-1-3-15(11-16)20(27)23-17-5-2-10-26(13-17)19-12-18(24-25-19)14-6-8-22-9-7-14/h1,3-4,6-9,11-12,17H,2,5,10,13H2,(H,23,27)(H,24,25). The maximum Gasteiger partial charge on any atom is 0.251 e. The molecular weight excluding hydrogens is 345 g/mol. The van der Waals surface area contributed by atoms with E-state index in [9.17, 15) is 9.18 Å². The Balaban J connectivity index is 1.42. The number of piperidine rings is 1. The van der Waals surface area contributed by atoms with Crippen LogP contribution in [-0.4, -0.2) is 40.2 Å². The number of nitrogens with one attached hydrogen (secondary N) is 2. The summed E-state index contributed by atoms with van der Waals surface area (Å²) in [6.07, 6.45) is 5.33. The summed E-state index contributed by atoms with van der Waals surface area (Å²) < 4.78 is 13.3. The summed E-state index contributed by atoms with van der Waals surface area (Å²) >= 11 is 0. The van der Waals surface area contributed by atoms with E-state index in [0.29, 0.717) is 12.1 Å². The Labute approximate surface area is 156 Å². The highest BCUT2D eigenvalue weighted by Gasteiger charge is 2.23. The fourth-order valence-corrected chi connectivity index (χ4v) is 3.35. The summed E-state index contributed by atoms with van der Waals surface area (Å²) in [6, 6.07) is 11.6. The topological polar surface area (TPSA) is 73.9 Å². The Morgan fingerprint density at radius 2 is 2.07 bits per heavy atom. The second-order valence-electron chi connectivity index (χ2n) is 6.64. The normalized spacial score (nSPS) is 16.9. The Morgan fingerprint density at radius 1 is 1.22 bits per heavy atom. The number of H-pyrrole nitrogens is 1. The number of benzene rings is 1. The van der Waals surface area contributed by atoms with Crippen LogP contribution in [-0.2, 0) is 0 Å². The van der Waals surface area contributed by atoms with Gasteiger partial charge in [0.25, 0.3) is 5.91 Å². The van der Waals surface area contributed by atoms with Crippen molar-refractivity contribution in [2.24, 2.45) is 0 Å². The van der Waals surface area contributed by atoms with E-state index < -0.39 is 5.82 Å². The minimum absolute atomic E-state index is 0.00408. The Kier molecular flexibility index (Phi) is 4.82. The summed E-state index contributed by atoms with van der Waals surface area (Å²) in [4.78, 5) is 18.6. The van der Waals surface area contributed by atoms with Crippen LogP contribution in [0, 0.1) is 5.82 Å². The van der Waals surface area contributed by atoms with Crippen LogP contribution in [0.1, 0.15) is 23.2 Å². The van der Waals surface area contributed by atoms with Gasteiger partial charge >= 0.3 is 0 Å². The zero-order chi connectivity index (χ0) is 18.6. The first-order chi connectivity index (χ1) is 13.2. The van der Waals surface area contributed by atoms with Crippen LogP contribution in [0.2, 0.25) is 0 Å². The number of aromatic nitrogens is 3. The third kappa shape index (κ3) is 3.97. The molecule has 1 unspecified atom stereocenters. The Bertz CT molecular complexity index is 927. The van der Waals surface area contributed by atoms with Crippen molar-refractivity contribution in [2.75, 3.05) is 18.0 Å². The molecule has 138 valence electrons. The highest BCUT2D eigenvalue weighted by atomic mass is 19.1. The quantitative estimate of drug-likeness (QED) is 0.745. The number of amides is 1. The maximum atomic E-state index is 13.3. The number of anilines is 1. The SMILES string of the molecule is O=C(NC1CCCN(c2cc(-c3ccncc3)[nH]n2)C1)c1cccc(F)c1. The van der Waals surface area contributed by atoms with Crippen molar-refractivity contribution in [3.63, 3.8) is 0 Å². The summed E-state index contributed by atoms with van der Waals surface area (Å²) in [5, 5.41) is 10.5. The summed E-state index contributed by atoms with van der Waals surface area (Å²) in [7, 11) is 0. The maximum absolute atomic E-state index is 13.3. The molecule has 2 N–H and O–H groups in total. The molecule has 2 aromatic heterocycles. The van der Waals surface area contributed by atoms with Crippen molar-refractivity contribution >= 4 is 11.7 Å². The molecule has 27 heavy (non-hydrogen) atoms. The van der Waals surface area contributed by atoms with Gasteiger partial charge in [-0.25, -0.2) is 4.39 Å². The van der Waals surface area contributed by atoms with Gasteiger partial charge in [-0.05, 0) is 43.2 Å². The number of pyridine rings is 1. The molecule has 1 aromatic carbocycles. The van der Waals surface area contributed by atoms with Crippen LogP contribution in [0.3, 0.4) is 0 Å². The van der Waals surface area contributed by atoms with Crippen LogP contribution in [0.25, 0.3) is 11.3 Å². The minimum atomic E-state index is -0.409. The molecule has 7 heteroatoms. The van der Waals surface area contributed by atoms with Crippen LogP contribution < -0.4 is 10.2 Å². The van der Waals surface area contributed by atoms with Crippen molar-refractivity contribution in [1.29, 1.82) is 0 Å². The Morgan fingerprint density at radius 3 is 2.89 bits per heavy atom. The van der Waals surface area contributed by atoms with Gasteiger partial charge in [0.15, 0.2) is 5.82 Å². The summed E-state index contributed by atoms with van der Waals surface area (Å²) in [5.74, 6) is 0.195. The van der Waals surface area contributed by atoms with Gasteiger partial charge in [0, 0.05) is 48.7 Å². The van der Waals surface area contributed by atoms with Gasteiger partial charge in [0.05, 0.1) is 5.69 Å². The molecule has 1 saturated heterocycles. The third-order valence-electron chi connectivity index (χ3n) is 4.72. The molecule has 1 aliphatic heterocycles. The lowest BCUT2D eigenvalue weighted by molar-refractivity contribution is 0.0932. The van der Waals surface area contributed by atoms with Crippen molar-refractivity contribution in [2.45, 2.75) is 18.9 Å². The number of carbonyl (C=O) groups excluding carboxylic acids is 1. The molecule has 1 fully saturated rings. The van der Waals surface area contributed by atoms with Gasteiger partial charge in [0.1, 0.15) is 5.82 Å². The van der Waals surface area contributed by atoms with E-state index in [2.05, 4.69) is 25.4 Å². The summed E-state index contributed by atoms with van der Waals surface area (Å²) in [6.45, 7) is 1.55. The molecule has 0 bridgehead atoms. The molecule has 1 atom stereocenters. The molecule has 1 amide bonds. The number of hydrogen-bond donors (Lipinski definition) is 2. The highest BCUT2D eigenvalue weighted by Crippen LogP contribution is 2.23. The van der Waals surface area contributed by atoms with Crippen LogP contribution >= 0.6 is 0 Å². The predicted octanol–water partition coefficient (Wildman–Crippen LogP) is 3.01. The summed E-state index contributed by atoms with van der Waals surface area (Å²) in [5.41, 5.74) is 2.29. The van der Waals surface area contributed by atoms with E-state index in [1.165, 1.54) is 12.1 Å². The number of halogens is 1. The average molecular weight is 365 g/mol. The molecular formula is C20H20FN5O. The first-order valence-corrected chi connectivity index (χ1v) is 8.96. The first-order valence-electron chi connectivity index (χ1n) is 8.96. The number of nitrogens with zero attached hydrogens (tertiary/aromatic N) is 3. The number of rotatable bonds is 4. The van der Waals surface area contributed by atoms with Gasteiger partial charge in [-0.1, -0.05) is 6.07 Å². The third-order valence-corrected chi connectivity index (χ3v) is 4.72. The monoisotopic (exact) mass is 365 g/mol. The molecule has 0 radical (unpaired) electrons. The van der Waals surface area contributed by atoms with Crippen LogP contribution in [0.15, 0.2) is 54.9 Å². The minimum Gasteiger partial charge on any atom is -0.353 e. The molecule has 0 saturated carbocycles. The molecule has 6 nitrogen and oxygen atoms in total. The van der Waals surface area contributed by atoms with Crippen molar-refractivity contribution < 1.29 is 9.18 Å². The van der Waals surface area contributed by atoms with Crippen molar-refractivity contribution in [3.8, 4) is 11.3 Å². The van der Waals surface area contributed by atoms with Crippen LogP contribution in [0.4, 0.5) is 10.2 Å². The lowest BCUT2D eigenvalue weighted by Crippen LogP contribution is -2.48. The molecule has 1 aliphatic rings. The van der Waals surface area contributed by atoms with E-state index in [0.717, 1.165) is 36.5 Å². The largest absolute Gasteiger partial charge is 0.353 e. The molecule has 3 aromatic rings. The zero-order valence-electron chi connectivity index (χ0n) is 14.7. The Hall–Kier alpha value is -3.22. The van der Waals surface area contributed by atoms with E-state index in [1.807, 2.05) is 18.2 Å². The van der Waals surface area contributed by atoms with E-state index >= 15 is 0 Å². The molecule has 0 spiro atoms. The fourth-order valence-electron chi connectivity index (χ4n) is 3.35. The average Bonchev–Trinajstić information content (AvgIpc) is 3.19. The second-order valence-corrected chi connectivity index (χ2v) is 6.64. The second kappa shape index (κ2) is 7.57.